The van der Waals surface area contributed by atoms with Crippen LogP contribution >= 0.6 is 11.8 Å². The number of anilines is 1. The molecule has 0 aliphatic carbocycles. The van der Waals surface area contributed by atoms with E-state index < -0.39 is 11.9 Å². The van der Waals surface area contributed by atoms with Gasteiger partial charge in [-0.3, -0.25) is 14.4 Å². The van der Waals surface area contributed by atoms with Crippen LogP contribution in [-0.2, 0) is 9.59 Å². The van der Waals surface area contributed by atoms with Gasteiger partial charge in [0.2, 0.25) is 0 Å². The lowest BCUT2D eigenvalue weighted by atomic mass is 9.98. The Morgan fingerprint density at radius 2 is 1.62 bits per heavy atom. The minimum atomic E-state index is -1.07. The summed E-state index contributed by atoms with van der Waals surface area (Å²) in [5.41, 5.74) is 2.86. The molecule has 1 atom stereocenters. The van der Waals surface area contributed by atoms with Crippen LogP contribution in [0.5, 0.6) is 0 Å². The standard InChI is InChI=1S/C21H22N2O5S/c1-13-3-5-16(6-4-13)20(25)22-18-9-7-15(8-10-18)19(23-28)11-17(21(26)27)12-29-14(2)24/h3-10,17,28H,11-12H2,1-2H3,(H,22,25)(H,26,27)/b23-19-. The number of thioether (sulfide) groups is 1. The molecule has 1 amide bonds. The largest absolute Gasteiger partial charge is 0.481 e. The number of benzene rings is 2. The highest BCUT2D eigenvalue weighted by Gasteiger charge is 2.22. The van der Waals surface area contributed by atoms with Crippen molar-refractivity contribution in [1.29, 1.82) is 0 Å². The van der Waals surface area contributed by atoms with Gasteiger partial charge in [0.15, 0.2) is 5.12 Å². The summed E-state index contributed by atoms with van der Waals surface area (Å²) < 4.78 is 0. The van der Waals surface area contributed by atoms with Crippen LogP contribution in [0.1, 0.15) is 34.8 Å². The van der Waals surface area contributed by atoms with Crippen LogP contribution < -0.4 is 5.32 Å². The predicted molar refractivity (Wildman–Crippen MR) is 113 cm³/mol. The van der Waals surface area contributed by atoms with Gasteiger partial charge in [0, 0.05) is 30.3 Å². The molecule has 2 rings (SSSR count). The van der Waals surface area contributed by atoms with E-state index >= 15 is 0 Å². The normalized spacial score (nSPS) is 12.3. The first-order valence-electron chi connectivity index (χ1n) is 8.85. The summed E-state index contributed by atoms with van der Waals surface area (Å²) in [6.45, 7) is 3.31. The van der Waals surface area contributed by atoms with E-state index in [1.165, 1.54) is 6.92 Å². The molecule has 29 heavy (non-hydrogen) atoms. The second kappa shape index (κ2) is 10.4. The van der Waals surface area contributed by atoms with Gasteiger partial charge < -0.3 is 15.6 Å². The maximum absolute atomic E-state index is 12.3. The number of hydrogen-bond acceptors (Lipinski definition) is 6. The van der Waals surface area contributed by atoms with E-state index in [1.807, 2.05) is 19.1 Å². The number of aliphatic carboxylic acids is 1. The molecule has 1 unspecified atom stereocenters. The zero-order chi connectivity index (χ0) is 21.4. The van der Waals surface area contributed by atoms with E-state index in [-0.39, 0.29) is 28.9 Å². The molecular weight excluding hydrogens is 392 g/mol. The van der Waals surface area contributed by atoms with Crippen molar-refractivity contribution < 1.29 is 24.7 Å². The smallest absolute Gasteiger partial charge is 0.307 e. The molecule has 0 bridgehead atoms. The van der Waals surface area contributed by atoms with Crippen LogP contribution in [0.2, 0.25) is 0 Å². The third-order valence-electron chi connectivity index (χ3n) is 4.19. The number of nitrogens with one attached hydrogen (secondary N) is 1. The van der Waals surface area contributed by atoms with Crippen molar-refractivity contribution in [3.8, 4) is 0 Å². The maximum atomic E-state index is 12.3. The van der Waals surface area contributed by atoms with Crippen LogP contribution in [0.4, 0.5) is 5.69 Å². The highest BCUT2D eigenvalue weighted by atomic mass is 32.2. The van der Waals surface area contributed by atoms with Crippen molar-refractivity contribution in [3.05, 3.63) is 65.2 Å². The maximum Gasteiger partial charge on any atom is 0.307 e. The molecule has 0 fully saturated rings. The molecule has 3 N–H and O–H groups in total. The zero-order valence-electron chi connectivity index (χ0n) is 16.1. The van der Waals surface area contributed by atoms with Gasteiger partial charge in [0.1, 0.15) is 0 Å². The molecule has 0 aliphatic rings. The third-order valence-corrected chi connectivity index (χ3v) is 5.16. The first-order valence-corrected chi connectivity index (χ1v) is 9.84. The lowest BCUT2D eigenvalue weighted by Crippen LogP contribution is -2.21. The van der Waals surface area contributed by atoms with Crippen molar-refractivity contribution >= 4 is 40.2 Å². The number of carbonyl (C=O) groups excluding carboxylic acids is 2. The van der Waals surface area contributed by atoms with E-state index in [4.69, 9.17) is 0 Å². The minimum Gasteiger partial charge on any atom is -0.481 e. The van der Waals surface area contributed by atoms with Crippen molar-refractivity contribution in [3.63, 3.8) is 0 Å². The van der Waals surface area contributed by atoms with Crippen LogP contribution in [0.15, 0.2) is 53.7 Å². The zero-order valence-corrected chi connectivity index (χ0v) is 16.9. The Bertz CT molecular complexity index is 908. The summed E-state index contributed by atoms with van der Waals surface area (Å²) in [4.78, 5) is 34.8. The number of carboxylic acid groups (broad SMARTS) is 1. The quantitative estimate of drug-likeness (QED) is 0.344. The van der Waals surface area contributed by atoms with Gasteiger partial charge in [-0.2, -0.15) is 0 Å². The predicted octanol–water partition coefficient (Wildman–Crippen LogP) is 3.80. The molecule has 0 saturated heterocycles. The topological polar surface area (TPSA) is 116 Å². The Balaban J connectivity index is 2.06. The van der Waals surface area contributed by atoms with Gasteiger partial charge in [-0.05, 0) is 36.8 Å². The fraction of sp³-hybridized carbons (Fsp3) is 0.238. The Labute approximate surface area is 172 Å². The Morgan fingerprint density at radius 3 is 2.14 bits per heavy atom. The lowest BCUT2D eigenvalue weighted by Gasteiger charge is -2.13. The van der Waals surface area contributed by atoms with Crippen LogP contribution in [-0.4, -0.2) is 38.8 Å². The summed E-state index contributed by atoms with van der Waals surface area (Å²) in [7, 11) is 0. The van der Waals surface area contributed by atoms with Crippen LogP contribution in [0, 0.1) is 12.8 Å². The summed E-state index contributed by atoms with van der Waals surface area (Å²) in [5.74, 6) is -2.09. The molecule has 0 aromatic heterocycles. The second-order valence-corrected chi connectivity index (χ2v) is 7.68. The molecule has 0 spiro atoms. The molecule has 0 heterocycles. The van der Waals surface area contributed by atoms with Gasteiger partial charge in [-0.1, -0.05) is 46.7 Å². The molecule has 0 aliphatic heterocycles. The molecule has 152 valence electrons. The van der Waals surface area contributed by atoms with E-state index in [2.05, 4.69) is 10.5 Å². The average Bonchev–Trinajstić information content (AvgIpc) is 2.69. The highest BCUT2D eigenvalue weighted by molar-refractivity contribution is 8.13. The number of nitrogens with zero attached hydrogens (tertiary/aromatic N) is 1. The molecular formula is C21H22N2O5S. The number of rotatable bonds is 8. The van der Waals surface area contributed by atoms with Crippen molar-refractivity contribution in [2.24, 2.45) is 11.1 Å². The van der Waals surface area contributed by atoms with Crippen molar-refractivity contribution in [2.45, 2.75) is 20.3 Å². The molecule has 7 nitrogen and oxygen atoms in total. The fourth-order valence-electron chi connectivity index (χ4n) is 2.54. The molecule has 0 saturated carbocycles. The first-order chi connectivity index (χ1) is 13.8. The van der Waals surface area contributed by atoms with E-state index in [0.29, 0.717) is 16.8 Å². The van der Waals surface area contributed by atoms with E-state index in [0.717, 1.165) is 17.3 Å². The molecule has 2 aromatic carbocycles. The number of oxime groups is 1. The monoisotopic (exact) mass is 414 g/mol. The van der Waals surface area contributed by atoms with Crippen LogP contribution in [0.25, 0.3) is 0 Å². The van der Waals surface area contributed by atoms with Gasteiger partial charge in [0.05, 0.1) is 11.6 Å². The molecule has 8 heteroatoms. The van der Waals surface area contributed by atoms with Crippen LogP contribution in [0.3, 0.4) is 0 Å². The lowest BCUT2D eigenvalue weighted by molar-refractivity contribution is -0.140. The SMILES string of the molecule is CC(=O)SCC(C/C(=N/O)c1ccc(NC(=O)c2ccc(C)cc2)cc1)C(=O)O. The fourth-order valence-corrected chi connectivity index (χ4v) is 3.24. The van der Waals surface area contributed by atoms with Gasteiger partial charge in [-0.25, -0.2) is 0 Å². The number of carbonyl (C=O) groups is 3. The Kier molecular flexibility index (Phi) is 7.97. The van der Waals surface area contributed by atoms with E-state index in [9.17, 15) is 24.7 Å². The number of aryl methyl sites for hydroxylation is 1. The third kappa shape index (κ3) is 6.76. The van der Waals surface area contributed by atoms with Gasteiger partial charge >= 0.3 is 5.97 Å². The molecule has 0 radical (unpaired) electrons. The van der Waals surface area contributed by atoms with Gasteiger partial charge in [0.25, 0.3) is 5.91 Å². The number of amides is 1. The minimum absolute atomic E-state index is 0.0266. The number of carboxylic acids is 1. The average molecular weight is 414 g/mol. The van der Waals surface area contributed by atoms with Gasteiger partial charge in [-0.15, -0.1) is 0 Å². The second-order valence-electron chi connectivity index (χ2n) is 6.49. The highest BCUT2D eigenvalue weighted by Crippen LogP contribution is 2.19. The summed E-state index contributed by atoms with van der Waals surface area (Å²) in [6.07, 6.45) is -0.0266. The van der Waals surface area contributed by atoms with Crippen molar-refractivity contribution in [1.82, 2.24) is 0 Å². The Morgan fingerprint density at radius 1 is 1.03 bits per heavy atom. The number of hydrogen-bond donors (Lipinski definition) is 3. The van der Waals surface area contributed by atoms with Crippen molar-refractivity contribution in [2.75, 3.05) is 11.1 Å². The first kappa shape index (κ1) is 22.2. The van der Waals surface area contributed by atoms with E-state index in [1.54, 1.807) is 36.4 Å². The summed E-state index contributed by atoms with van der Waals surface area (Å²) >= 11 is 0.920. The Hall–Kier alpha value is -3.13. The summed E-state index contributed by atoms with van der Waals surface area (Å²) in [5, 5.41) is 24.5. The molecule has 2 aromatic rings. The summed E-state index contributed by atoms with van der Waals surface area (Å²) in [6, 6.07) is 13.7.